The van der Waals surface area contributed by atoms with Crippen LogP contribution in [0.2, 0.25) is 0 Å². The Hall–Kier alpha value is -0.0600. The highest BCUT2D eigenvalue weighted by Crippen LogP contribution is 2.72. The van der Waals surface area contributed by atoms with Crippen molar-refractivity contribution in [3.8, 4) is 0 Å². The minimum absolute atomic E-state index is 0.0484. The zero-order chi connectivity index (χ0) is 22.1. The molecule has 2 nitrogen and oxygen atoms in total. The molecule has 0 aromatic heterocycles. The molecule has 170 valence electrons. The molecule has 30 heavy (non-hydrogen) atoms. The van der Waals surface area contributed by atoms with E-state index in [1.54, 1.807) is 6.92 Å². The van der Waals surface area contributed by atoms with Crippen LogP contribution in [0.25, 0.3) is 0 Å². The van der Waals surface area contributed by atoms with Gasteiger partial charge >= 0.3 is 5.97 Å². The predicted molar refractivity (Wildman–Crippen MR) is 133 cm³/mol. The van der Waals surface area contributed by atoms with Gasteiger partial charge in [0.2, 0.25) is 0 Å². The van der Waals surface area contributed by atoms with Crippen LogP contribution in [0.1, 0.15) is 99.8 Å². The number of halogens is 1. The number of ether oxygens (including phenoxy) is 1. The Balaban J connectivity index is 1.72. The molecule has 0 amide bonds. The molecule has 4 aliphatic rings. The topological polar surface area (TPSA) is 26.3 Å². The lowest BCUT2D eigenvalue weighted by Crippen LogP contribution is -2.55. The van der Waals surface area contributed by atoms with Crippen molar-refractivity contribution in [2.75, 3.05) is 4.43 Å². The maximum Gasteiger partial charge on any atom is 0.302 e. The van der Waals surface area contributed by atoms with E-state index in [1.165, 1.54) is 49.4 Å². The standard InChI is InChI=1S/C27H43IO2/c1-17(16-28)19-10-14-27(7)21-8-9-22-24(3,4)23(30-18(2)29)12-13-25(22,5)20(21)11-15-26(19,27)6/h17,19,22-23H,8-16H2,1-7H3/t17?,19-,22?,23?,25-,26-,27+/m1/s1. The zero-order valence-electron chi connectivity index (χ0n) is 20.4. The molecule has 3 unspecified atom stereocenters. The first-order valence-electron chi connectivity index (χ1n) is 12.4. The molecule has 4 aliphatic carbocycles. The Labute approximate surface area is 198 Å². The van der Waals surface area contributed by atoms with Crippen LogP contribution in [-0.2, 0) is 9.53 Å². The second-order valence-corrected chi connectivity index (χ2v) is 13.3. The van der Waals surface area contributed by atoms with Crippen molar-refractivity contribution in [1.82, 2.24) is 0 Å². The van der Waals surface area contributed by atoms with Crippen molar-refractivity contribution in [2.45, 2.75) is 106 Å². The average molecular weight is 527 g/mol. The number of alkyl halides is 1. The van der Waals surface area contributed by atoms with Crippen LogP contribution in [-0.4, -0.2) is 16.5 Å². The number of hydrogen-bond acceptors (Lipinski definition) is 2. The molecule has 2 fully saturated rings. The molecule has 0 N–H and O–H groups in total. The highest BCUT2D eigenvalue weighted by Gasteiger charge is 2.63. The Morgan fingerprint density at radius 3 is 2.37 bits per heavy atom. The van der Waals surface area contributed by atoms with Crippen LogP contribution in [0.5, 0.6) is 0 Å². The fraction of sp³-hybridized carbons (Fsp3) is 0.889. The van der Waals surface area contributed by atoms with Gasteiger partial charge in [-0.1, -0.05) is 75.3 Å². The van der Waals surface area contributed by atoms with Gasteiger partial charge in [0.15, 0.2) is 0 Å². The van der Waals surface area contributed by atoms with E-state index in [4.69, 9.17) is 4.74 Å². The van der Waals surface area contributed by atoms with Gasteiger partial charge in [-0.15, -0.1) is 0 Å². The second kappa shape index (κ2) is 7.48. The fourth-order valence-corrected chi connectivity index (χ4v) is 9.75. The zero-order valence-corrected chi connectivity index (χ0v) is 22.5. The molecule has 0 bridgehead atoms. The van der Waals surface area contributed by atoms with Crippen LogP contribution in [0.15, 0.2) is 11.1 Å². The van der Waals surface area contributed by atoms with E-state index in [0.717, 1.165) is 18.3 Å². The number of fused-ring (bicyclic) bond motifs is 4. The van der Waals surface area contributed by atoms with Gasteiger partial charge in [0.25, 0.3) is 0 Å². The predicted octanol–water partition coefficient (Wildman–Crippen LogP) is 7.74. The molecule has 0 aliphatic heterocycles. The van der Waals surface area contributed by atoms with Gasteiger partial charge in [0.1, 0.15) is 6.10 Å². The lowest BCUT2D eigenvalue weighted by Gasteiger charge is -2.62. The smallest absolute Gasteiger partial charge is 0.302 e. The number of esters is 1. The molecule has 3 heteroatoms. The van der Waals surface area contributed by atoms with Gasteiger partial charge in [-0.05, 0) is 85.4 Å². The number of allylic oxidation sites excluding steroid dienone is 2. The number of rotatable bonds is 3. The van der Waals surface area contributed by atoms with Crippen molar-refractivity contribution in [3.63, 3.8) is 0 Å². The van der Waals surface area contributed by atoms with Crippen LogP contribution < -0.4 is 0 Å². The van der Waals surface area contributed by atoms with Gasteiger partial charge in [0, 0.05) is 16.8 Å². The molecule has 0 saturated heterocycles. The molecule has 0 aromatic rings. The SMILES string of the molecule is CC(=O)OC1CC[C@]2(C)C3=C(CCC2C1(C)C)[C@]1(C)CC[C@H](C(C)CI)[C@@]1(C)CC3. The summed E-state index contributed by atoms with van der Waals surface area (Å²) in [7, 11) is 0. The molecule has 2 saturated carbocycles. The summed E-state index contributed by atoms with van der Waals surface area (Å²) in [6.45, 7) is 16.7. The third-order valence-electron chi connectivity index (χ3n) is 11.0. The monoisotopic (exact) mass is 526 g/mol. The van der Waals surface area contributed by atoms with Crippen LogP contribution in [0, 0.1) is 39.4 Å². The van der Waals surface area contributed by atoms with E-state index < -0.39 is 0 Å². The Bertz CT molecular complexity index is 754. The first-order valence-corrected chi connectivity index (χ1v) is 13.9. The second-order valence-electron chi connectivity index (χ2n) is 12.5. The van der Waals surface area contributed by atoms with Crippen molar-refractivity contribution in [3.05, 3.63) is 11.1 Å². The van der Waals surface area contributed by atoms with Crippen molar-refractivity contribution >= 4 is 28.6 Å². The molecule has 0 aromatic carbocycles. The largest absolute Gasteiger partial charge is 0.462 e. The Morgan fingerprint density at radius 2 is 1.73 bits per heavy atom. The lowest BCUT2D eigenvalue weighted by molar-refractivity contribution is -0.167. The third kappa shape index (κ3) is 3.02. The first kappa shape index (κ1) is 23.1. The number of carbonyl (C=O) groups is 1. The first-order chi connectivity index (χ1) is 13.9. The summed E-state index contributed by atoms with van der Waals surface area (Å²) in [5.41, 5.74) is 4.87. The van der Waals surface area contributed by atoms with Gasteiger partial charge in [-0.25, -0.2) is 0 Å². The number of carbonyl (C=O) groups excluding carboxylic acids is 1. The quantitative estimate of drug-likeness (QED) is 0.163. The summed E-state index contributed by atoms with van der Waals surface area (Å²) >= 11 is 2.61. The summed E-state index contributed by atoms with van der Waals surface area (Å²) in [4.78, 5) is 11.7. The lowest BCUT2D eigenvalue weighted by atomic mass is 9.43. The molecule has 7 atom stereocenters. The average Bonchev–Trinajstić information content (AvgIpc) is 2.95. The van der Waals surface area contributed by atoms with E-state index >= 15 is 0 Å². The summed E-state index contributed by atoms with van der Waals surface area (Å²) in [5, 5.41) is 0. The molecular formula is C27H43IO2. The molecule has 0 radical (unpaired) electrons. The Kier molecular flexibility index (Phi) is 5.77. The van der Waals surface area contributed by atoms with Gasteiger partial charge in [-0.3, -0.25) is 4.79 Å². The minimum Gasteiger partial charge on any atom is -0.462 e. The van der Waals surface area contributed by atoms with Crippen molar-refractivity contribution in [2.24, 2.45) is 39.4 Å². The Morgan fingerprint density at radius 1 is 1.03 bits per heavy atom. The fourth-order valence-electron chi connectivity index (χ4n) is 9.13. The minimum atomic E-state index is -0.116. The highest BCUT2D eigenvalue weighted by atomic mass is 127. The van der Waals surface area contributed by atoms with Crippen molar-refractivity contribution in [1.29, 1.82) is 0 Å². The van der Waals surface area contributed by atoms with Gasteiger partial charge < -0.3 is 4.74 Å². The third-order valence-corrected chi connectivity index (χ3v) is 12.4. The van der Waals surface area contributed by atoms with E-state index in [-0.39, 0.29) is 22.9 Å². The molecule has 0 spiro atoms. The highest BCUT2D eigenvalue weighted by molar-refractivity contribution is 14.1. The molecule has 0 heterocycles. The molecule has 4 rings (SSSR count). The van der Waals surface area contributed by atoms with Crippen LogP contribution >= 0.6 is 22.6 Å². The molecular weight excluding hydrogens is 483 g/mol. The van der Waals surface area contributed by atoms with E-state index in [2.05, 4.69) is 64.1 Å². The van der Waals surface area contributed by atoms with E-state index in [9.17, 15) is 4.79 Å². The summed E-state index contributed by atoms with van der Waals surface area (Å²) in [6.07, 6.45) is 10.2. The van der Waals surface area contributed by atoms with E-state index in [0.29, 0.717) is 16.7 Å². The van der Waals surface area contributed by atoms with Crippen molar-refractivity contribution < 1.29 is 9.53 Å². The van der Waals surface area contributed by atoms with Gasteiger partial charge in [-0.2, -0.15) is 0 Å². The summed E-state index contributed by atoms with van der Waals surface area (Å²) < 4.78 is 7.12. The number of hydrogen-bond donors (Lipinski definition) is 0. The van der Waals surface area contributed by atoms with Crippen LogP contribution in [0.3, 0.4) is 0 Å². The maximum atomic E-state index is 11.7. The van der Waals surface area contributed by atoms with E-state index in [1.807, 2.05) is 11.1 Å². The summed E-state index contributed by atoms with van der Waals surface area (Å²) in [5.74, 6) is 2.19. The maximum absolute atomic E-state index is 11.7. The van der Waals surface area contributed by atoms with Gasteiger partial charge in [0.05, 0.1) is 0 Å². The normalized spacial score (nSPS) is 45.9. The van der Waals surface area contributed by atoms with Crippen LogP contribution in [0.4, 0.5) is 0 Å². The summed E-state index contributed by atoms with van der Waals surface area (Å²) in [6, 6.07) is 0.